The highest BCUT2D eigenvalue weighted by Crippen LogP contribution is 2.04. The molecule has 2 heteroatoms. The van der Waals surface area contributed by atoms with Crippen molar-refractivity contribution in [3.63, 3.8) is 0 Å². The van der Waals surface area contributed by atoms with Crippen LogP contribution in [0, 0.1) is 0 Å². The van der Waals surface area contributed by atoms with Crippen LogP contribution in [0.2, 0.25) is 0 Å². The van der Waals surface area contributed by atoms with Crippen LogP contribution >= 0.6 is 15.9 Å². The minimum Gasteiger partial charge on any atom is -0.286 e. The van der Waals surface area contributed by atoms with E-state index in [4.69, 9.17) is 0 Å². The van der Waals surface area contributed by atoms with Gasteiger partial charge in [0.25, 0.3) is 0 Å². The molecule has 0 bridgehead atoms. The minimum absolute atomic E-state index is 1.09. The summed E-state index contributed by atoms with van der Waals surface area (Å²) in [4.78, 5) is 3.99. The summed E-state index contributed by atoms with van der Waals surface area (Å²) < 4.78 is 1.09. The van der Waals surface area contributed by atoms with E-state index in [0.717, 1.165) is 11.0 Å². The van der Waals surface area contributed by atoms with Crippen molar-refractivity contribution >= 4 is 20.6 Å². The highest BCUT2D eigenvalue weighted by atomic mass is 79.9. The molecular weight excluding hydrogens is 178 g/mol. The van der Waals surface area contributed by atoms with E-state index in [-0.39, 0.29) is 0 Å². The first-order chi connectivity index (χ1) is 4.31. The van der Waals surface area contributed by atoms with Crippen molar-refractivity contribution in [1.29, 1.82) is 0 Å². The molecular formula is C7H14BrN. The van der Waals surface area contributed by atoms with Gasteiger partial charge in [-0.05, 0) is 28.8 Å². The molecule has 0 radical (unpaired) electrons. The summed E-state index contributed by atoms with van der Waals surface area (Å²) in [5, 5.41) is 0. The summed E-state index contributed by atoms with van der Waals surface area (Å²) in [6.07, 6.45) is 4.95. The monoisotopic (exact) mass is 191 g/mol. The van der Waals surface area contributed by atoms with E-state index in [1.807, 2.05) is 7.05 Å². The number of halogens is 1. The zero-order valence-electron chi connectivity index (χ0n) is 6.15. The van der Waals surface area contributed by atoms with Crippen LogP contribution in [0.5, 0.6) is 0 Å². The van der Waals surface area contributed by atoms with Crippen molar-refractivity contribution in [1.82, 2.24) is 0 Å². The van der Waals surface area contributed by atoms with Gasteiger partial charge in [0.15, 0.2) is 0 Å². The summed E-state index contributed by atoms with van der Waals surface area (Å²) in [5.74, 6) is 0. The Balaban J connectivity index is 3.07. The summed E-state index contributed by atoms with van der Waals surface area (Å²) in [5.41, 5.74) is 0. The predicted octanol–water partition coefficient (Wildman–Crippen LogP) is 2.99. The van der Waals surface area contributed by atoms with Crippen LogP contribution in [0.25, 0.3) is 0 Å². The molecule has 0 atom stereocenters. The van der Waals surface area contributed by atoms with Gasteiger partial charge in [-0.1, -0.05) is 19.8 Å². The molecule has 0 aromatic rings. The van der Waals surface area contributed by atoms with Gasteiger partial charge in [-0.25, -0.2) is 0 Å². The third-order valence-corrected chi connectivity index (χ3v) is 1.98. The van der Waals surface area contributed by atoms with Gasteiger partial charge >= 0.3 is 0 Å². The van der Waals surface area contributed by atoms with Crippen molar-refractivity contribution in [3.05, 3.63) is 0 Å². The van der Waals surface area contributed by atoms with Crippen molar-refractivity contribution in [3.8, 4) is 0 Å². The lowest BCUT2D eigenvalue weighted by Gasteiger charge is -1.94. The Morgan fingerprint density at radius 2 is 2.11 bits per heavy atom. The Kier molecular flexibility index (Phi) is 6.38. The van der Waals surface area contributed by atoms with Crippen LogP contribution in [-0.4, -0.2) is 11.7 Å². The van der Waals surface area contributed by atoms with Crippen LogP contribution in [0.3, 0.4) is 0 Å². The number of unbranched alkanes of at least 4 members (excludes halogenated alkanes) is 2. The Hall–Kier alpha value is 0.150. The molecule has 0 heterocycles. The fourth-order valence-electron chi connectivity index (χ4n) is 0.633. The van der Waals surface area contributed by atoms with E-state index in [9.17, 15) is 0 Å². The quantitative estimate of drug-likeness (QED) is 0.479. The normalized spacial score (nSPS) is 12.1. The van der Waals surface area contributed by atoms with E-state index in [2.05, 4.69) is 27.8 Å². The van der Waals surface area contributed by atoms with E-state index in [0.29, 0.717) is 0 Å². The molecule has 0 amide bonds. The van der Waals surface area contributed by atoms with Crippen LogP contribution in [0.4, 0.5) is 0 Å². The number of hydrogen-bond donors (Lipinski definition) is 0. The standard InChI is InChI=1S/C7H14BrN/c1-3-4-5-6-7(8)9-2/h3-6H2,1-2H3. The highest BCUT2D eigenvalue weighted by molar-refractivity contribution is 9.18. The van der Waals surface area contributed by atoms with Crippen molar-refractivity contribution in [2.24, 2.45) is 4.99 Å². The molecule has 0 aliphatic heterocycles. The Morgan fingerprint density at radius 3 is 2.56 bits per heavy atom. The Bertz CT molecular complexity index is 88.9. The Morgan fingerprint density at radius 1 is 1.44 bits per heavy atom. The SMILES string of the molecule is CCCCCC(Br)=NC. The smallest absolute Gasteiger partial charge is 0.0770 e. The van der Waals surface area contributed by atoms with Gasteiger partial charge in [-0.3, -0.25) is 4.99 Å². The molecule has 1 nitrogen and oxygen atoms in total. The molecule has 0 aliphatic carbocycles. The fourth-order valence-corrected chi connectivity index (χ4v) is 0.913. The van der Waals surface area contributed by atoms with Gasteiger partial charge in [0.05, 0.1) is 4.62 Å². The van der Waals surface area contributed by atoms with Crippen LogP contribution < -0.4 is 0 Å². The molecule has 0 saturated carbocycles. The lowest BCUT2D eigenvalue weighted by Crippen LogP contribution is -1.85. The minimum atomic E-state index is 1.09. The molecule has 54 valence electrons. The van der Waals surface area contributed by atoms with Gasteiger partial charge in [0.2, 0.25) is 0 Å². The van der Waals surface area contributed by atoms with Gasteiger partial charge in [-0.15, -0.1) is 0 Å². The molecule has 0 N–H and O–H groups in total. The average molecular weight is 192 g/mol. The van der Waals surface area contributed by atoms with Gasteiger partial charge in [0, 0.05) is 7.05 Å². The second kappa shape index (κ2) is 6.27. The third-order valence-electron chi connectivity index (χ3n) is 1.23. The molecule has 0 unspecified atom stereocenters. The summed E-state index contributed by atoms with van der Waals surface area (Å²) in [6, 6.07) is 0. The van der Waals surface area contributed by atoms with E-state index < -0.39 is 0 Å². The van der Waals surface area contributed by atoms with Crippen molar-refractivity contribution in [2.75, 3.05) is 7.05 Å². The van der Waals surface area contributed by atoms with E-state index in [1.54, 1.807) is 0 Å². The lowest BCUT2D eigenvalue weighted by atomic mass is 10.2. The van der Waals surface area contributed by atoms with Crippen molar-refractivity contribution in [2.45, 2.75) is 32.6 Å². The predicted molar refractivity (Wildman–Crippen MR) is 46.4 cm³/mol. The molecule has 0 saturated heterocycles. The molecule has 0 rings (SSSR count). The van der Waals surface area contributed by atoms with Crippen LogP contribution in [0.15, 0.2) is 4.99 Å². The molecule has 0 aliphatic rings. The summed E-state index contributed by atoms with van der Waals surface area (Å²) >= 11 is 3.36. The van der Waals surface area contributed by atoms with Crippen LogP contribution in [0.1, 0.15) is 32.6 Å². The van der Waals surface area contributed by atoms with Gasteiger partial charge in [-0.2, -0.15) is 0 Å². The second-order valence-electron chi connectivity index (χ2n) is 2.06. The second-order valence-corrected chi connectivity index (χ2v) is 2.97. The molecule has 0 fully saturated rings. The molecule has 0 aromatic carbocycles. The summed E-state index contributed by atoms with van der Waals surface area (Å²) in [6.45, 7) is 2.21. The first-order valence-electron chi connectivity index (χ1n) is 3.42. The summed E-state index contributed by atoms with van der Waals surface area (Å²) in [7, 11) is 1.82. The average Bonchev–Trinajstić information content (AvgIpc) is 1.89. The topological polar surface area (TPSA) is 12.4 Å². The largest absolute Gasteiger partial charge is 0.286 e. The zero-order valence-corrected chi connectivity index (χ0v) is 7.74. The molecule has 0 spiro atoms. The molecule has 9 heavy (non-hydrogen) atoms. The van der Waals surface area contributed by atoms with Crippen LogP contribution in [-0.2, 0) is 0 Å². The van der Waals surface area contributed by atoms with Crippen molar-refractivity contribution < 1.29 is 0 Å². The Labute approximate surface area is 65.7 Å². The first-order valence-corrected chi connectivity index (χ1v) is 4.21. The maximum absolute atomic E-state index is 3.99. The lowest BCUT2D eigenvalue weighted by molar-refractivity contribution is 0.745. The first kappa shape index (κ1) is 9.15. The third kappa shape index (κ3) is 6.03. The van der Waals surface area contributed by atoms with E-state index >= 15 is 0 Å². The number of nitrogens with zero attached hydrogens (tertiary/aromatic N) is 1. The number of aliphatic imine (C=N–C) groups is 1. The number of hydrogen-bond acceptors (Lipinski definition) is 1. The van der Waals surface area contributed by atoms with E-state index in [1.165, 1.54) is 19.3 Å². The maximum Gasteiger partial charge on any atom is 0.0770 e. The van der Waals surface area contributed by atoms with Gasteiger partial charge in [0.1, 0.15) is 0 Å². The van der Waals surface area contributed by atoms with Gasteiger partial charge < -0.3 is 0 Å². The highest BCUT2D eigenvalue weighted by Gasteiger charge is 1.89. The number of rotatable bonds is 4. The maximum atomic E-state index is 3.99. The zero-order chi connectivity index (χ0) is 7.11. The molecule has 0 aromatic heterocycles. The fraction of sp³-hybridized carbons (Fsp3) is 0.857.